The van der Waals surface area contributed by atoms with Gasteiger partial charge in [-0.3, -0.25) is 14.5 Å². The highest BCUT2D eigenvalue weighted by Crippen LogP contribution is 2.20. The highest BCUT2D eigenvalue weighted by atomic mass is 32.2. The van der Waals surface area contributed by atoms with Crippen LogP contribution in [-0.2, 0) is 20.6 Å². The van der Waals surface area contributed by atoms with Gasteiger partial charge in [-0.2, -0.15) is 0 Å². The second-order valence-corrected chi connectivity index (χ2v) is 8.79. The highest BCUT2D eigenvalue weighted by Gasteiger charge is 2.16. The highest BCUT2D eigenvalue weighted by molar-refractivity contribution is 7.99. The number of pyridine rings is 1. The standard InChI is InChI=1S/C20H17F2N3O3S2/c21-18-9-8-17(11-19(18)22)30(27,28)25-15-6-4-14(5-7-15)24-20(26)13-29-12-16-3-1-2-10-23-16/h1-11,25H,12-13H2,(H,24,26). The van der Waals surface area contributed by atoms with Crippen LogP contribution >= 0.6 is 11.8 Å². The number of rotatable bonds is 8. The Bertz CT molecular complexity index is 1130. The molecular weight excluding hydrogens is 432 g/mol. The Labute approximate surface area is 176 Å². The first-order chi connectivity index (χ1) is 14.3. The second-order valence-electron chi connectivity index (χ2n) is 6.12. The zero-order chi connectivity index (χ0) is 21.6. The lowest BCUT2D eigenvalue weighted by molar-refractivity contribution is -0.113. The monoisotopic (exact) mass is 449 g/mol. The van der Waals surface area contributed by atoms with Crippen molar-refractivity contribution >= 4 is 39.1 Å². The third kappa shape index (κ3) is 6.01. The Morgan fingerprint density at radius 3 is 2.37 bits per heavy atom. The number of nitrogens with one attached hydrogen (secondary N) is 2. The summed E-state index contributed by atoms with van der Waals surface area (Å²) in [6, 6.07) is 13.9. The number of halogens is 2. The molecule has 1 heterocycles. The summed E-state index contributed by atoms with van der Waals surface area (Å²) in [6.45, 7) is 0. The van der Waals surface area contributed by atoms with Gasteiger partial charge in [0.05, 0.1) is 16.3 Å². The summed E-state index contributed by atoms with van der Waals surface area (Å²) < 4.78 is 53.1. The average molecular weight is 450 g/mol. The molecule has 1 amide bonds. The van der Waals surface area contributed by atoms with Gasteiger partial charge in [0.1, 0.15) is 0 Å². The fourth-order valence-corrected chi connectivity index (χ4v) is 4.22. The van der Waals surface area contributed by atoms with E-state index in [-0.39, 0.29) is 17.3 Å². The van der Waals surface area contributed by atoms with Gasteiger partial charge in [0.25, 0.3) is 10.0 Å². The van der Waals surface area contributed by atoms with Gasteiger partial charge >= 0.3 is 0 Å². The van der Waals surface area contributed by atoms with Crippen molar-refractivity contribution in [1.82, 2.24) is 4.98 Å². The fraction of sp³-hybridized carbons (Fsp3) is 0.100. The van der Waals surface area contributed by atoms with E-state index in [1.54, 1.807) is 6.20 Å². The molecule has 156 valence electrons. The predicted molar refractivity (Wildman–Crippen MR) is 113 cm³/mol. The lowest BCUT2D eigenvalue weighted by Crippen LogP contribution is -2.15. The smallest absolute Gasteiger partial charge is 0.261 e. The molecule has 0 radical (unpaired) electrons. The summed E-state index contributed by atoms with van der Waals surface area (Å²) in [5, 5.41) is 2.71. The van der Waals surface area contributed by atoms with Crippen LogP contribution < -0.4 is 10.0 Å². The van der Waals surface area contributed by atoms with E-state index in [9.17, 15) is 22.0 Å². The van der Waals surface area contributed by atoms with Crippen molar-refractivity contribution in [2.45, 2.75) is 10.6 Å². The van der Waals surface area contributed by atoms with E-state index in [4.69, 9.17) is 0 Å². The van der Waals surface area contributed by atoms with E-state index in [1.165, 1.54) is 36.0 Å². The topological polar surface area (TPSA) is 88.2 Å². The van der Waals surface area contributed by atoms with Gasteiger partial charge in [0.15, 0.2) is 11.6 Å². The van der Waals surface area contributed by atoms with Crippen molar-refractivity contribution in [3.8, 4) is 0 Å². The third-order valence-electron chi connectivity index (χ3n) is 3.83. The maximum Gasteiger partial charge on any atom is 0.261 e. The van der Waals surface area contributed by atoms with E-state index < -0.39 is 26.6 Å². The van der Waals surface area contributed by atoms with Gasteiger partial charge in [0, 0.05) is 23.3 Å². The number of benzene rings is 2. The van der Waals surface area contributed by atoms with Gasteiger partial charge in [-0.05, 0) is 54.6 Å². The molecule has 0 fully saturated rings. The fourth-order valence-electron chi connectivity index (χ4n) is 2.41. The van der Waals surface area contributed by atoms with Crippen LogP contribution in [0.3, 0.4) is 0 Å². The first-order valence-electron chi connectivity index (χ1n) is 8.69. The van der Waals surface area contributed by atoms with E-state index >= 15 is 0 Å². The summed E-state index contributed by atoms with van der Waals surface area (Å²) in [5.41, 5.74) is 1.59. The third-order valence-corrected chi connectivity index (χ3v) is 6.18. The molecule has 3 rings (SSSR count). The zero-order valence-corrected chi connectivity index (χ0v) is 17.1. The average Bonchev–Trinajstić information content (AvgIpc) is 2.72. The predicted octanol–water partition coefficient (Wildman–Crippen LogP) is 4.03. The largest absolute Gasteiger partial charge is 0.325 e. The number of amides is 1. The molecule has 1 aromatic heterocycles. The molecule has 3 aromatic rings. The lowest BCUT2D eigenvalue weighted by atomic mass is 10.3. The van der Waals surface area contributed by atoms with E-state index in [2.05, 4.69) is 15.0 Å². The lowest BCUT2D eigenvalue weighted by Gasteiger charge is -2.10. The number of thioether (sulfide) groups is 1. The van der Waals surface area contributed by atoms with E-state index in [1.807, 2.05) is 18.2 Å². The van der Waals surface area contributed by atoms with Crippen molar-refractivity contribution < 1.29 is 22.0 Å². The minimum atomic E-state index is -4.08. The normalized spacial score (nSPS) is 11.1. The van der Waals surface area contributed by atoms with Crippen molar-refractivity contribution in [1.29, 1.82) is 0 Å². The van der Waals surface area contributed by atoms with E-state index in [0.717, 1.165) is 17.8 Å². The van der Waals surface area contributed by atoms with Crippen LogP contribution in [0, 0.1) is 11.6 Å². The Hall–Kier alpha value is -2.98. The molecule has 0 aliphatic rings. The molecule has 0 saturated heterocycles. The molecule has 0 aliphatic carbocycles. The second kappa shape index (κ2) is 9.68. The molecule has 2 aromatic carbocycles. The number of anilines is 2. The number of sulfonamides is 1. The minimum Gasteiger partial charge on any atom is -0.325 e. The molecule has 0 saturated carbocycles. The molecule has 2 N–H and O–H groups in total. The van der Waals surface area contributed by atoms with Crippen LogP contribution in [0.15, 0.2) is 71.8 Å². The van der Waals surface area contributed by atoms with Crippen molar-refractivity contribution in [3.05, 3.63) is 84.2 Å². The number of aromatic nitrogens is 1. The van der Waals surface area contributed by atoms with Crippen molar-refractivity contribution in [2.75, 3.05) is 15.8 Å². The molecule has 10 heteroatoms. The Kier molecular flexibility index (Phi) is 7.01. The molecule has 6 nitrogen and oxygen atoms in total. The summed E-state index contributed by atoms with van der Waals surface area (Å²) in [5.74, 6) is -1.74. The Morgan fingerprint density at radius 2 is 1.70 bits per heavy atom. The van der Waals surface area contributed by atoms with Crippen molar-refractivity contribution in [2.24, 2.45) is 0 Å². The van der Waals surface area contributed by atoms with Crippen LogP contribution in [0.5, 0.6) is 0 Å². The van der Waals surface area contributed by atoms with Crippen molar-refractivity contribution in [3.63, 3.8) is 0 Å². The number of carbonyl (C=O) groups is 1. The van der Waals surface area contributed by atoms with Gasteiger partial charge in [-0.15, -0.1) is 11.8 Å². The first kappa shape index (κ1) is 21.7. The number of carbonyl (C=O) groups excluding carboxylic acids is 1. The first-order valence-corrected chi connectivity index (χ1v) is 11.3. The van der Waals surface area contributed by atoms with Gasteiger partial charge in [0.2, 0.25) is 5.91 Å². The molecule has 0 spiro atoms. The number of nitrogens with zero attached hydrogens (tertiary/aromatic N) is 1. The molecule has 30 heavy (non-hydrogen) atoms. The molecule has 0 aliphatic heterocycles. The summed E-state index contributed by atoms with van der Waals surface area (Å²) in [7, 11) is -4.08. The SMILES string of the molecule is O=C(CSCc1ccccn1)Nc1ccc(NS(=O)(=O)c2ccc(F)c(F)c2)cc1. The van der Waals surface area contributed by atoms with Crippen LogP contribution in [0.25, 0.3) is 0 Å². The Balaban J connectivity index is 1.54. The van der Waals surface area contributed by atoms with Crippen LogP contribution in [0.1, 0.15) is 5.69 Å². The quantitative estimate of drug-likeness (QED) is 0.542. The summed E-state index contributed by atoms with van der Waals surface area (Å²) in [4.78, 5) is 15.8. The molecule has 0 bridgehead atoms. The molecule has 0 unspecified atom stereocenters. The minimum absolute atomic E-state index is 0.203. The summed E-state index contributed by atoms with van der Waals surface area (Å²) in [6.07, 6.45) is 1.69. The van der Waals surface area contributed by atoms with Gasteiger partial charge < -0.3 is 5.32 Å². The molecular formula is C20H17F2N3O3S2. The zero-order valence-electron chi connectivity index (χ0n) is 15.5. The Morgan fingerprint density at radius 1 is 0.967 bits per heavy atom. The number of hydrogen-bond donors (Lipinski definition) is 2. The van der Waals surface area contributed by atoms with Gasteiger partial charge in [-0.25, -0.2) is 17.2 Å². The van der Waals surface area contributed by atoms with Gasteiger partial charge in [-0.1, -0.05) is 6.07 Å². The van der Waals surface area contributed by atoms with E-state index in [0.29, 0.717) is 17.5 Å². The summed E-state index contributed by atoms with van der Waals surface area (Å²) >= 11 is 1.42. The maximum absolute atomic E-state index is 13.3. The van der Waals surface area contributed by atoms with Crippen LogP contribution in [0.2, 0.25) is 0 Å². The number of hydrogen-bond acceptors (Lipinski definition) is 5. The maximum atomic E-state index is 13.3. The van der Waals surface area contributed by atoms with Crippen LogP contribution in [-0.4, -0.2) is 25.1 Å². The molecule has 0 atom stereocenters. The van der Waals surface area contributed by atoms with Crippen LogP contribution in [0.4, 0.5) is 20.2 Å².